The average molecular weight is 462 g/mol. The molecule has 34 heavy (non-hydrogen) atoms. The van der Waals surface area contributed by atoms with E-state index in [1.807, 2.05) is 19.1 Å². The summed E-state index contributed by atoms with van der Waals surface area (Å²) >= 11 is 0. The van der Waals surface area contributed by atoms with Crippen LogP contribution in [0.3, 0.4) is 0 Å². The van der Waals surface area contributed by atoms with Gasteiger partial charge in [0.1, 0.15) is 18.1 Å². The van der Waals surface area contributed by atoms with Crippen molar-refractivity contribution < 1.29 is 24.1 Å². The lowest BCUT2D eigenvalue weighted by atomic mass is 10.00. The first kappa shape index (κ1) is 23.8. The van der Waals surface area contributed by atoms with Crippen LogP contribution in [0.25, 0.3) is 0 Å². The Balaban J connectivity index is 1.55. The standard InChI is InChI=1S/C28H31NO5/c1-2-33-26-9-6-21(7-10-26)19-29-12-13-32-14-15-34-27-11-8-24(28(30)31)18-25(27)17-22-4-3-5-23(16-22)20-29/h3-11,16,18H,2,12-15,17,19-20H2,1H3,(H,30,31). The predicted octanol–water partition coefficient (Wildman–Crippen LogP) is 4.79. The Hall–Kier alpha value is -3.35. The van der Waals surface area contributed by atoms with Crippen molar-refractivity contribution in [2.24, 2.45) is 0 Å². The maximum atomic E-state index is 11.5. The molecule has 0 amide bonds. The second-order valence-electron chi connectivity index (χ2n) is 8.37. The largest absolute Gasteiger partial charge is 0.494 e. The number of hydrogen-bond donors (Lipinski definition) is 1. The van der Waals surface area contributed by atoms with Gasteiger partial charge in [-0.25, -0.2) is 4.79 Å². The molecular weight excluding hydrogens is 430 g/mol. The number of carboxylic acids is 1. The summed E-state index contributed by atoms with van der Waals surface area (Å²) in [7, 11) is 0. The maximum absolute atomic E-state index is 11.5. The summed E-state index contributed by atoms with van der Waals surface area (Å²) in [5, 5.41) is 9.42. The molecule has 6 nitrogen and oxygen atoms in total. The molecule has 0 saturated carbocycles. The summed E-state index contributed by atoms with van der Waals surface area (Å²) in [5.41, 5.74) is 4.67. The Morgan fingerprint density at radius 3 is 2.62 bits per heavy atom. The number of hydrogen-bond acceptors (Lipinski definition) is 5. The third-order valence-corrected chi connectivity index (χ3v) is 5.78. The lowest BCUT2D eigenvalue weighted by Gasteiger charge is -2.23. The first-order valence-corrected chi connectivity index (χ1v) is 11.7. The molecule has 1 N–H and O–H groups in total. The SMILES string of the molecule is CCOc1ccc(CN2CCOCCOc3ccc(C(=O)O)cc3Cc3cccc(c3)C2)cc1. The first-order chi connectivity index (χ1) is 16.6. The monoisotopic (exact) mass is 461 g/mol. The fourth-order valence-corrected chi connectivity index (χ4v) is 4.14. The van der Waals surface area contributed by atoms with Crippen LogP contribution in [0.15, 0.2) is 66.7 Å². The topological polar surface area (TPSA) is 68.2 Å². The number of ether oxygens (including phenoxy) is 3. The summed E-state index contributed by atoms with van der Waals surface area (Å²) in [6, 6.07) is 21.7. The predicted molar refractivity (Wildman–Crippen MR) is 131 cm³/mol. The third kappa shape index (κ3) is 6.59. The number of fused-ring (bicyclic) bond motifs is 3. The first-order valence-electron chi connectivity index (χ1n) is 11.7. The molecule has 3 aromatic rings. The molecule has 2 bridgehead atoms. The Kier molecular flexibility index (Phi) is 8.17. The zero-order chi connectivity index (χ0) is 23.8. The highest BCUT2D eigenvalue weighted by Crippen LogP contribution is 2.25. The molecule has 1 aliphatic rings. The second-order valence-corrected chi connectivity index (χ2v) is 8.37. The molecule has 0 radical (unpaired) electrons. The number of rotatable bonds is 5. The summed E-state index contributed by atoms with van der Waals surface area (Å²) in [4.78, 5) is 13.9. The van der Waals surface area contributed by atoms with Crippen LogP contribution in [0.4, 0.5) is 0 Å². The fraction of sp³-hybridized carbons (Fsp3) is 0.321. The summed E-state index contributed by atoms with van der Waals surface area (Å²) < 4.78 is 17.4. The van der Waals surface area contributed by atoms with E-state index >= 15 is 0 Å². The summed E-state index contributed by atoms with van der Waals surface area (Å²) in [6.45, 7) is 6.54. The van der Waals surface area contributed by atoms with Gasteiger partial charge in [-0.2, -0.15) is 0 Å². The number of carbonyl (C=O) groups is 1. The molecule has 3 aromatic carbocycles. The van der Waals surface area contributed by atoms with E-state index < -0.39 is 5.97 Å². The van der Waals surface area contributed by atoms with E-state index in [1.165, 1.54) is 11.1 Å². The molecule has 0 spiro atoms. The van der Waals surface area contributed by atoms with Crippen molar-refractivity contribution in [3.8, 4) is 11.5 Å². The van der Waals surface area contributed by atoms with E-state index in [-0.39, 0.29) is 5.56 Å². The van der Waals surface area contributed by atoms with Crippen molar-refractivity contribution >= 4 is 5.97 Å². The molecule has 1 heterocycles. The van der Waals surface area contributed by atoms with E-state index in [1.54, 1.807) is 18.2 Å². The molecule has 1 aliphatic heterocycles. The highest BCUT2D eigenvalue weighted by atomic mass is 16.5. The minimum Gasteiger partial charge on any atom is -0.494 e. The van der Waals surface area contributed by atoms with Crippen LogP contribution in [0.5, 0.6) is 11.5 Å². The molecule has 6 heteroatoms. The molecule has 0 atom stereocenters. The Labute approximate surface area is 200 Å². The van der Waals surface area contributed by atoms with Gasteiger partial charge >= 0.3 is 5.97 Å². The van der Waals surface area contributed by atoms with Crippen LogP contribution in [-0.4, -0.2) is 48.9 Å². The zero-order valence-corrected chi connectivity index (χ0v) is 19.5. The molecule has 0 unspecified atom stereocenters. The van der Waals surface area contributed by atoms with Crippen molar-refractivity contribution in [2.45, 2.75) is 26.4 Å². The van der Waals surface area contributed by atoms with Gasteiger partial charge in [-0.15, -0.1) is 0 Å². The van der Waals surface area contributed by atoms with E-state index in [2.05, 4.69) is 41.3 Å². The fourth-order valence-electron chi connectivity index (χ4n) is 4.14. The lowest BCUT2D eigenvalue weighted by Crippen LogP contribution is -2.27. The molecular formula is C28H31NO5. The van der Waals surface area contributed by atoms with Crippen molar-refractivity contribution in [3.05, 3.63) is 94.5 Å². The minimum atomic E-state index is -0.941. The average Bonchev–Trinajstić information content (AvgIpc) is 2.83. The van der Waals surface area contributed by atoms with E-state index in [9.17, 15) is 9.90 Å². The van der Waals surface area contributed by atoms with Gasteiger partial charge in [-0.1, -0.05) is 36.4 Å². The lowest BCUT2D eigenvalue weighted by molar-refractivity contribution is 0.0695. The van der Waals surface area contributed by atoms with E-state index in [0.29, 0.717) is 38.6 Å². The number of aromatic carboxylic acids is 1. The van der Waals surface area contributed by atoms with Gasteiger partial charge in [0.25, 0.3) is 0 Å². The van der Waals surface area contributed by atoms with Crippen LogP contribution >= 0.6 is 0 Å². The van der Waals surface area contributed by atoms with Crippen LogP contribution in [-0.2, 0) is 24.2 Å². The van der Waals surface area contributed by atoms with Gasteiger partial charge in [0.05, 0.1) is 25.4 Å². The summed E-state index contributed by atoms with van der Waals surface area (Å²) in [5.74, 6) is 0.645. The normalized spacial score (nSPS) is 15.0. The molecule has 4 rings (SSSR count). The second kappa shape index (κ2) is 11.7. The van der Waals surface area contributed by atoms with Gasteiger partial charge in [0.15, 0.2) is 0 Å². The van der Waals surface area contributed by atoms with Crippen LogP contribution in [0.1, 0.15) is 39.5 Å². The molecule has 0 saturated heterocycles. The van der Waals surface area contributed by atoms with Gasteiger partial charge in [0.2, 0.25) is 0 Å². The highest BCUT2D eigenvalue weighted by molar-refractivity contribution is 5.88. The third-order valence-electron chi connectivity index (χ3n) is 5.78. The molecule has 178 valence electrons. The van der Waals surface area contributed by atoms with Crippen molar-refractivity contribution in [1.29, 1.82) is 0 Å². The molecule has 0 aliphatic carbocycles. The van der Waals surface area contributed by atoms with Gasteiger partial charge in [-0.05, 0) is 59.5 Å². The number of nitrogens with zero attached hydrogens (tertiary/aromatic N) is 1. The zero-order valence-electron chi connectivity index (χ0n) is 19.5. The number of carboxylic acid groups (broad SMARTS) is 1. The van der Waals surface area contributed by atoms with E-state index in [4.69, 9.17) is 14.2 Å². The Morgan fingerprint density at radius 1 is 1.00 bits per heavy atom. The van der Waals surface area contributed by atoms with Crippen LogP contribution < -0.4 is 9.47 Å². The smallest absolute Gasteiger partial charge is 0.335 e. The maximum Gasteiger partial charge on any atom is 0.335 e. The van der Waals surface area contributed by atoms with E-state index in [0.717, 1.165) is 36.5 Å². The quantitative estimate of drug-likeness (QED) is 0.590. The van der Waals surface area contributed by atoms with Crippen LogP contribution in [0, 0.1) is 0 Å². The number of benzene rings is 3. The highest BCUT2D eigenvalue weighted by Gasteiger charge is 2.13. The Bertz CT molecular complexity index is 1100. The van der Waals surface area contributed by atoms with Crippen molar-refractivity contribution in [2.75, 3.05) is 33.0 Å². The van der Waals surface area contributed by atoms with Crippen molar-refractivity contribution in [1.82, 2.24) is 4.90 Å². The van der Waals surface area contributed by atoms with Gasteiger partial charge < -0.3 is 19.3 Å². The Morgan fingerprint density at radius 2 is 1.82 bits per heavy atom. The van der Waals surface area contributed by atoms with Crippen molar-refractivity contribution in [3.63, 3.8) is 0 Å². The van der Waals surface area contributed by atoms with Gasteiger partial charge in [-0.3, -0.25) is 4.90 Å². The van der Waals surface area contributed by atoms with Crippen LogP contribution in [0.2, 0.25) is 0 Å². The molecule has 0 fully saturated rings. The van der Waals surface area contributed by atoms with Gasteiger partial charge in [0, 0.05) is 26.1 Å². The molecule has 0 aromatic heterocycles. The summed E-state index contributed by atoms with van der Waals surface area (Å²) in [6.07, 6.45) is 0.601. The minimum absolute atomic E-state index is 0.261.